The van der Waals surface area contributed by atoms with Crippen LogP contribution in [0.2, 0.25) is 0 Å². The van der Waals surface area contributed by atoms with Crippen molar-refractivity contribution in [3.05, 3.63) is 42.9 Å². The van der Waals surface area contributed by atoms with Gasteiger partial charge in [-0.05, 0) is 26.0 Å². The maximum atomic E-state index is 11.5. The molecule has 0 bridgehead atoms. The molecule has 0 unspecified atom stereocenters. The van der Waals surface area contributed by atoms with Gasteiger partial charge in [0.1, 0.15) is 11.0 Å². The maximum Gasteiger partial charge on any atom is 0.229 e. The molecule has 0 amide bonds. The van der Waals surface area contributed by atoms with Crippen LogP contribution in [0.25, 0.3) is 22.4 Å². The lowest BCUT2D eigenvalue weighted by atomic mass is 10.2. The summed E-state index contributed by atoms with van der Waals surface area (Å²) in [5.41, 5.74) is 3.19. The van der Waals surface area contributed by atoms with Crippen LogP contribution in [0.1, 0.15) is 19.9 Å². The zero-order valence-corrected chi connectivity index (χ0v) is 16.9. The largest absolute Gasteiger partial charge is 0.336 e. The number of nitrogens with zero attached hydrogens (tertiary/aromatic N) is 5. The Morgan fingerprint density at radius 2 is 1.97 bits per heavy atom. The van der Waals surface area contributed by atoms with Crippen LogP contribution < -0.4 is 10.0 Å². The molecule has 0 saturated heterocycles. The molecule has 4 aromatic rings. The first kappa shape index (κ1) is 18.9. The molecule has 10 nitrogen and oxygen atoms in total. The number of fused-ring (bicyclic) bond motifs is 1. The Kier molecular flexibility index (Phi) is 4.66. The van der Waals surface area contributed by atoms with Crippen LogP contribution in [-0.4, -0.2) is 44.6 Å². The van der Waals surface area contributed by atoms with E-state index in [1.807, 2.05) is 30.8 Å². The van der Waals surface area contributed by atoms with Crippen LogP contribution >= 0.6 is 0 Å². The zero-order valence-electron chi connectivity index (χ0n) is 16.1. The van der Waals surface area contributed by atoms with Gasteiger partial charge in [-0.2, -0.15) is 10.2 Å². The summed E-state index contributed by atoms with van der Waals surface area (Å²) >= 11 is 0. The molecule has 0 fully saturated rings. The average Bonchev–Trinajstić information content (AvgIpc) is 3.29. The summed E-state index contributed by atoms with van der Waals surface area (Å²) in [5, 5.41) is 14.5. The third-order valence-corrected chi connectivity index (χ3v) is 4.72. The molecular weight excluding hydrogens is 392 g/mol. The lowest BCUT2D eigenvalue weighted by molar-refractivity contribution is 0.532. The Morgan fingerprint density at radius 1 is 1.14 bits per heavy atom. The van der Waals surface area contributed by atoms with Crippen molar-refractivity contribution < 1.29 is 8.42 Å². The minimum Gasteiger partial charge on any atom is -0.336 e. The van der Waals surface area contributed by atoms with Crippen molar-refractivity contribution in [1.29, 1.82) is 0 Å². The Labute approximate surface area is 167 Å². The number of rotatable bonds is 6. The number of hydrogen-bond acceptors (Lipinski definition) is 7. The molecule has 11 heteroatoms. The molecule has 29 heavy (non-hydrogen) atoms. The van der Waals surface area contributed by atoms with Crippen molar-refractivity contribution in [2.45, 2.75) is 19.9 Å². The third kappa shape index (κ3) is 4.19. The molecule has 0 saturated carbocycles. The monoisotopic (exact) mass is 412 g/mol. The number of H-pyrrole nitrogens is 1. The zero-order chi connectivity index (χ0) is 20.6. The fourth-order valence-corrected chi connectivity index (χ4v) is 3.37. The summed E-state index contributed by atoms with van der Waals surface area (Å²) in [6.45, 7) is 4.09. The first-order valence-corrected chi connectivity index (χ1v) is 10.8. The van der Waals surface area contributed by atoms with E-state index in [1.54, 1.807) is 30.6 Å². The smallest absolute Gasteiger partial charge is 0.229 e. The van der Waals surface area contributed by atoms with E-state index in [0.29, 0.717) is 33.9 Å². The molecule has 3 aromatic heterocycles. The van der Waals surface area contributed by atoms with Gasteiger partial charge in [0, 0.05) is 23.5 Å². The van der Waals surface area contributed by atoms with Crippen LogP contribution in [0, 0.1) is 0 Å². The molecule has 0 aliphatic heterocycles. The van der Waals surface area contributed by atoms with E-state index < -0.39 is 10.0 Å². The molecule has 0 aliphatic carbocycles. The first-order chi connectivity index (χ1) is 13.8. The Bertz CT molecular complexity index is 1280. The predicted octanol–water partition coefficient (Wildman–Crippen LogP) is 2.91. The molecule has 0 spiro atoms. The first-order valence-electron chi connectivity index (χ1n) is 8.89. The highest BCUT2D eigenvalue weighted by Gasteiger charge is 2.13. The van der Waals surface area contributed by atoms with Crippen molar-refractivity contribution in [2.75, 3.05) is 16.3 Å². The molecular formula is C18H20N8O2S. The Balaban J connectivity index is 1.74. The van der Waals surface area contributed by atoms with Gasteiger partial charge in [-0.25, -0.2) is 18.4 Å². The quantitative estimate of drug-likeness (QED) is 0.444. The van der Waals surface area contributed by atoms with Gasteiger partial charge in [-0.1, -0.05) is 12.1 Å². The number of hydrogen-bond donors (Lipinski definition) is 3. The minimum atomic E-state index is -3.38. The van der Waals surface area contributed by atoms with E-state index in [1.165, 1.54) is 0 Å². The second kappa shape index (κ2) is 7.17. The van der Waals surface area contributed by atoms with E-state index in [2.05, 4.69) is 35.3 Å². The fraction of sp³-hybridized carbons (Fsp3) is 0.222. The van der Waals surface area contributed by atoms with Crippen molar-refractivity contribution in [3.63, 3.8) is 0 Å². The number of aromatic amines is 1. The summed E-state index contributed by atoms with van der Waals surface area (Å²) < 4.78 is 27.4. The number of anilines is 3. The summed E-state index contributed by atoms with van der Waals surface area (Å²) in [5.74, 6) is 0.988. The normalized spacial score (nSPS) is 11.9. The molecule has 3 heterocycles. The standard InChI is InChI=1S/C18H20N8O2S/c1-11(2)26-10-14(8-20-26)21-18-16-15(9-19-24-16)22-17(23-18)12-5-4-6-13(7-12)25-29(3,27)28/h4-11,25H,1-3H3,(H,19,24)(H,21,22,23). The van der Waals surface area contributed by atoms with Crippen molar-refractivity contribution in [3.8, 4) is 11.4 Å². The molecule has 0 atom stereocenters. The lowest BCUT2D eigenvalue weighted by Crippen LogP contribution is -2.09. The molecule has 150 valence electrons. The van der Waals surface area contributed by atoms with E-state index in [9.17, 15) is 8.42 Å². The van der Waals surface area contributed by atoms with Gasteiger partial charge in [0.2, 0.25) is 10.0 Å². The number of nitrogens with one attached hydrogen (secondary N) is 3. The van der Waals surface area contributed by atoms with Crippen LogP contribution in [0.5, 0.6) is 0 Å². The SMILES string of the molecule is CC(C)n1cc(Nc2nc(-c3cccc(NS(C)(=O)=O)c3)nc3cn[nH]c23)cn1. The van der Waals surface area contributed by atoms with Gasteiger partial charge in [0.25, 0.3) is 0 Å². The summed E-state index contributed by atoms with van der Waals surface area (Å²) in [4.78, 5) is 9.16. The van der Waals surface area contributed by atoms with E-state index in [0.717, 1.165) is 11.9 Å². The highest BCUT2D eigenvalue weighted by molar-refractivity contribution is 7.92. The van der Waals surface area contributed by atoms with E-state index in [-0.39, 0.29) is 6.04 Å². The number of sulfonamides is 1. The Morgan fingerprint density at radius 3 is 2.69 bits per heavy atom. The van der Waals surface area contributed by atoms with Gasteiger partial charge >= 0.3 is 0 Å². The molecule has 1 aromatic carbocycles. The maximum absolute atomic E-state index is 11.5. The highest BCUT2D eigenvalue weighted by Crippen LogP contribution is 2.27. The molecule has 0 radical (unpaired) electrons. The van der Waals surface area contributed by atoms with Gasteiger partial charge in [0.05, 0.1) is 24.3 Å². The second-order valence-electron chi connectivity index (χ2n) is 6.91. The fourth-order valence-electron chi connectivity index (χ4n) is 2.82. The Hall–Kier alpha value is -3.47. The van der Waals surface area contributed by atoms with Crippen molar-refractivity contribution in [2.24, 2.45) is 0 Å². The van der Waals surface area contributed by atoms with Gasteiger partial charge in [0.15, 0.2) is 11.6 Å². The summed E-state index contributed by atoms with van der Waals surface area (Å²) in [7, 11) is -3.38. The van der Waals surface area contributed by atoms with Crippen LogP contribution in [0.15, 0.2) is 42.9 Å². The molecule has 4 rings (SSSR count). The number of benzene rings is 1. The highest BCUT2D eigenvalue weighted by atomic mass is 32.2. The van der Waals surface area contributed by atoms with E-state index in [4.69, 9.17) is 0 Å². The van der Waals surface area contributed by atoms with Gasteiger partial charge in [-0.15, -0.1) is 0 Å². The van der Waals surface area contributed by atoms with Crippen molar-refractivity contribution >= 4 is 38.2 Å². The third-order valence-electron chi connectivity index (χ3n) is 4.12. The number of aromatic nitrogens is 6. The predicted molar refractivity (Wildman–Crippen MR) is 111 cm³/mol. The van der Waals surface area contributed by atoms with Gasteiger partial charge < -0.3 is 5.32 Å². The summed E-state index contributed by atoms with van der Waals surface area (Å²) in [6.07, 6.45) is 6.33. The molecule has 3 N–H and O–H groups in total. The van der Waals surface area contributed by atoms with Crippen LogP contribution in [-0.2, 0) is 10.0 Å². The topological polar surface area (TPSA) is 130 Å². The van der Waals surface area contributed by atoms with Crippen LogP contribution in [0.3, 0.4) is 0 Å². The average molecular weight is 412 g/mol. The summed E-state index contributed by atoms with van der Waals surface area (Å²) in [6, 6.07) is 7.15. The molecule has 0 aliphatic rings. The van der Waals surface area contributed by atoms with Crippen molar-refractivity contribution in [1.82, 2.24) is 29.9 Å². The van der Waals surface area contributed by atoms with Gasteiger partial charge in [-0.3, -0.25) is 14.5 Å². The van der Waals surface area contributed by atoms with E-state index >= 15 is 0 Å². The minimum absolute atomic E-state index is 0.240. The van der Waals surface area contributed by atoms with Crippen LogP contribution in [0.4, 0.5) is 17.2 Å². The second-order valence-corrected chi connectivity index (χ2v) is 8.66. The lowest BCUT2D eigenvalue weighted by Gasteiger charge is -2.09.